The third kappa shape index (κ3) is 2.62. The lowest BCUT2D eigenvalue weighted by Crippen LogP contribution is -1.96. The molecule has 0 aliphatic carbocycles. The van der Waals surface area contributed by atoms with Crippen LogP contribution in [-0.4, -0.2) is 0 Å². The molecule has 0 saturated carbocycles. The van der Waals surface area contributed by atoms with Crippen molar-refractivity contribution in [3.05, 3.63) is 41.6 Å². The van der Waals surface area contributed by atoms with Crippen LogP contribution in [0, 0.1) is 13.8 Å². The van der Waals surface area contributed by atoms with Crippen LogP contribution in [0.1, 0.15) is 24.5 Å². The lowest BCUT2D eigenvalue weighted by Gasteiger charge is -2.09. The van der Waals surface area contributed by atoms with Gasteiger partial charge in [0.05, 0.1) is 0 Å². The third-order valence-corrected chi connectivity index (χ3v) is 2.25. The molecule has 0 bridgehead atoms. The van der Waals surface area contributed by atoms with E-state index in [1.54, 1.807) is 0 Å². The minimum atomic E-state index is 0.965. The molecule has 70 valence electrons. The van der Waals surface area contributed by atoms with Gasteiger partial charge < -0.3 is 5.32 Å². The van der Waals surface area contributed by atoms with Gasteiger partial charge in [0, 0.05) is 11.4 Å². The highest BCUT2D eigenvalue weighted by Gasteiger charge is 1.96. The number of allylic oxidation sites excluding steroid dienone is 1. The van der Waals surface area contributed by atoms with Gasteiger partial charge in [-0.25, -0.2) is 0 Å². The summed E-state index contributed by atoms with van der Waals surface area (Å²) in [6, 6.07) is 6.36. The maximum Gasteiger partial charge on any atom is 0.0384 e. The Morgan fingerprint density at radius 2 is 2.00 bits per heavy atom. The van der Waals surface area contributed by atoms with E-state index in [1.165, 1.54) is 11.1 Å². The lowest BCUT2D eigenvalue weighted by molar-refractivity contribution is 1.11. The Morgan fingerprint density at radius 3 is 2.54 bits per heavy atom. The van der Waals surface area contributed by atoms with Crippen molar-refractivity contribution in [1.29, 1.82) is 0 Å². The first-order valence-corrected chi connectivity index (χ1v) is 4.65. The van der Waals surface area contributed by atoms with E-state index in [1.807, 2.05) is 0 Å². The molecular weight excluding hydrogens is 158 g/mol. The van der Waals surface area contributed by atoms with Crippen LogP contribution in [-0.2, 0) is 0 Å². The van der Waals surface area contributed by atoms with Crippen LogP contribution in [0.5, 0.6) is 0 Å². The second-order valence-corrected chi connectivity index (χ2v) is 3.38. The summed E-state index contributed by atoms with van der Waals surface area (Å²) in [5.41, 5.74) is 4.83. The van der Waals surface area contributed by atoms with Crippen molar-refractivity contribution < 1.29 is 0 Å². The van der Waals surface area contributed by atoms with E-state index >= 15 is 0 Å². The van der Waals surface area contributed by atoms with Gasteiger partial charge >= 0.3 is 0 Å². The van der Waals surface area contributed by atoms with Crippen molar-refractivity contribution >= 4 is 5.69 Å². The lowest BCUT2D eigenvalue weighted by atomic mass is 10.1. The van der Waals surface area contributed by atoms with E-state index in [9.17, 15) is 0 Å². The van der Waals surface area contributed by atoms with Gasteiger partial charge in [0.1, 0.15) is 0 Å². The van der Waals surface area contributed by atoms with Crippen LogP contribution in [0.25, 0.3) is 0 Å². The normalized spacial score (nSPS) is 9.77. The van der Waals surface area contributed by atoms with Crippen molar-refractivity contribution in [2.24, 2.45) is 0 Å². The summed E-state index contributed by atoms with van der Waals surface area (Å²) in [6.07, 6.45) is 0.965. The standard InChI is InChI=1S/C12H17N/c1-5-11(4)13-12-7-6-9(2)10(3)8-12/h6-8,13H,4-5H2,1-3H3. The van der Waals surface area contributed by atoms with Crippen LogP contribution in [0.3, 0.4) is 0 Å². The third-order valence-electron chi connectivity index (χ3n) is 2.25. The van der Waals surface area contributed by atoms with E-state index in [4.69, 9.17) is 0 Å². The van der Waals surface area contributed by atoms with E-state index < -0.39 is 0 Å². The highest BCUT2D eigenvalue weighted by molar-refractivity contribution is 5.51. The van der Waals surface area contributed by atoms with Crippen molar-refractivity contribution in [3.8, 4) is 0 Å². The molecular formula is C12H17N. The van der Waals surface area contributed by atoms with Crippen LogP contribution in [0.15, 0.2) is 30.5 Å². The van der Waals surface area contributed by atoms with Gasteiger partial charge in [0.25, 0.3) is 0 Å². The predicted octanol–water partition coefficient (Wildman–Crippen LogP) is 3.64. The van der Waals surface area contributed by atoms with Crippen molar-refractivity contribution in [2.45, 2.75) is 27.2 Å². The van der Waals surface area contributed by atoms with E-state index in [-0.39, 0.29) is 0 Å². The number of anilines is 1. The number of nitrogens with one attached hydrogen (secondary N) is 1. The fourth-order valence-corrected chi connectivity index (χ4v) is 1.11. The summed E-state index contributed by atoms with van der Waals surface area (Å²) >= 11 is 0. The van der Waals surface area contributed by atoms with Gasteiger partial charge in [0.15, 0.2) is 0 Å². The second-order valence-electron chi connectivity index (χ2n) is 3.38. The van der Waals surface area contributed by atoms with Gasteiger partial charge in [-0.15, -0.1) is 0 Å². The highest BCUT2D eigenvalue weighted by Crippen LogP contribution is 2.15. The Hall–Kier alpha value is -1.24. The predicted molar refractivity (Wildman–Crippen MR) is 59.0 cm³/mol. The zero-order valence-corrected chi connectivity index (χ0v) is 8.65. The monoisotopic (exact) mass is 175 g/mol. The molecule has 1 heteroatoms. The number of benzene rings is 1. The number of hydrogen-bond acceptors (Lipinski definition) is 1. The van der Waals surface area contributed by atoms with Gasteiger partial charge in [-0.1, -0.05) is 19.6 Å². The first-order chi connectivity index (χ1) is 6.13. The smallest absolute Gasteiger partial charge is 0.0384 e. The molecule has 0 unspecified atom stereocenters. The average molecular weight is 175 g/mol. The zero-order chi connectivity index (χ0) is 9.84. The molecule has 1 N–H and O–H groups in total. The molecule has 1 nitrogen and oxygen atoms in total. The molecule has 0 amide bonds. The van der Waals surface area contributed by atoms with Crippen molar-refractivity contribution in [3.63, 3.8) is 0 Å². The number of hydrogen-bond donors (Lipinski definition) is 1. The Labute approximate surface area is 80.5 Å². The molecule has 0 aliphatic heterocycles. The maximum absolute atomic E-state index is 3.91. The number of aryl methyl sites for hydroxylation is 2. The second kappa shape index (κ2) is 4.13. The Balaban J connectivity index is 2.79. The Morgan fingerprint density at radius 1 is 1.31 bits per heavy atom. The Bertz CT molecular complexity index is 313. The van der Waals surface area contributed by atoms with Crippen LogP contribution < -0.4 is 5.32 Å². The van der Waals surface area contributed by atoms with E-state index in [0.717, 1.165) is 17.8 Å². The minimum absolute atomic E-state index is 0.965. The fraction of sp³-hybridized carbons (Fsp3) is 0.333. The van der Waals surface area contributed by atoms with E-state index in [0.29, 0.717) is 0 Å². The molecule has 0 aromatic heterocycles. The van der Waals surface area contributed by atoms with Gasteiger partial charge in [0.2, 0.25) is 0 Å². The molecule has 0 radical (unpaired) electrons. The molecule has 0 heterocycles. The average Bonchev–Trinajstić information content (AvgIpc) is 2.11. The molecule has 0 saturated heterocycles. The van der Waals surface area contributed by atoms with Gasteiger partial charge in [-0.3, -0.25) is 0 Å². The molecule has 0 fully saturated rings. The molecule has 0 spiro atoms. The fourth-order valence-electron chi connectivity index (χ4n) is 1.11. The van der Waals surface area contributed by atoms with Crippen LogP contribution in [0.4, 0.5) is 5.69 Å². The molecule has 0 aliphatic rings. The highest BCUT2D eigenvalue weighted by atomic mass is 14.9. The first-order valence-electron chi connectivity index (χ1n) is 4.65. The SMILES string of the molecule is C=C(CC)Nc1ccc(C)c(C)c1. The Kier molecular flexibility index (Phi) is 3.13. The summed E-state index contributed by atoms with van der Waals surface area (Å²) in [5, 5.41) is 3.27. The summed E-state index contributed by atoms with van der Waals surface area (Å²) in [7, 11) is 0. The number of rotatable bonds is 3. The summed E-state index contributed by atoms with van der Waals surface area (Å²) < 4.78 is 0. The molecule has 0 atom stereocenters. The van der Waals surface area contributed by atoms with Crippen LogP contribution in [0.2, 0.25) is 0 Å². The van der Waals surface area contributed by atoms with Crippen LogP contribution >= 0.6 is 0 Å². The summed E-state index contributed by atoms with van der Waals surface area (Å²) in [4.78, 5) is 0. The van der Waals surface area contributed by atoms with E-state index in [2.05, 4.69) is 50.9 Å². The van der Waals surface area contributed by atoms with Crippen molar-refractivity contribution in [2.75, 3.05) is 5.32 Å². The minimum Gasteiger partial charge on any atom is -0.359 e. The molecule has 13 heavy (non-hydrogen) atoms. The van der Waals surface area contributed by atoms with Gasteiger partial charge in [-0.2, -0.15) is 0 Å². The topological polar surface area (TPSA) is 12.0 Å². The molecule has 1 aromatic carbocycles. The zero-order valence-electron chi connectivity index (χ0n) is 8.65. The largest absolute Gasteiger partial charge is 0.359 e. The maximum atomic E-state index is 3.91. The van der Waals surface area contributed by atoms with Crippen molar-refractivity contribution in [1.82, 2.24) is 0 Å². The quantitative estimate of drug-likeness (QED) is 0.739. The molecule has 1 aromatic rings. The van der Waals surface area contributed by atoms with Gasteiger partial charge in [-0.05, 0) is 43.5 Å². The summed E-state index contributed by atoms with van der Waals surface area (Å²) in [6.45, 7) is 10.2. The molecule has 1 rings (SSSR count). The summed E-state index contributed by atoms with van der Waals surface area (Å²) in [5.74, 6) is 0. The first kappa shape index (κ1) is 9.85.